The molecule has 3 rings (SSSR count). The van der Waals surface area contributed by atoms with Crippen molar-refractivity contribution in [2.45, 2.75) is 57.1 Å². The number of hydrogen-bond donors (Lipinski definition) is 2. The molecule has 0 aromatic heterocycles. The number of aliphatic hydroxyl groups is 1. The van der Waals surface area contributed by atoms with Crippen molar-refractivity contribution < 1.29 is 18.3 Å². The lowest BCUT2D eigenvalue weighted by molar-refractivity contribution is -0.122. The topological polar surface area (TPSA) is 86.7 Å². The molecule has 0 radical (unpaired) electrons. The molecule has 0 bridgehead atoms. The summed E-state index contributed by atoms with van der Waals surface area (Å²) < 4.78 is 22.8. The number of carbonyl (C=O) groups is 1. The quantitative estimate of drug-likeness (QED) is 0.619. The highest BCUT2D eigenvalue weighted by Crippen LogP contribution is 2.36. The molecule has 2 fully saturated rings. The molecule has 1 amide bonds. The number of nitrogens with one attached hydrogen (secondary N) is 1. The van der Waals surface area contributed by atoms with E-state index in [4.69, 9.17) is 0 Å². The van der Waals surface area contributed by atoms with Crippen LogP contribution >= 0.6 is 0 Å². The van der Waals surface area contributed by atoms with Crippen LogP contribution in [0.1, 0.15) is 44.1 Å². The minimum Gasteiger partial charge on any atom is -0.390 e. The third kappa shape index (κ3) is 7.36. The molecule has 1 saturated heterocycles. The number of sulfone groups is 1. The number of carbonyl (C=O) groups excluding carboxylic acids is 1. The van der Waals surface area contributed by atoms with Crippen LogP contribution in [0.5, 0.6) is 0 Å². The Hall–Kier alpha value is -1.44. The molecule has 168 valence electrons. The molecule has 0 spiro atoms. The molecule has 2 N–H and O–H groups in total. The minimum atomic E-state index is -3.20. The van der Waals surface area contributed by atoms with Crippen LogP contribution in [-0.4, -0.2) is 68.1 Å². The average Bonchev–Trinajstić information content (AvgIpc) is 2.72. The van der Waals surface area contributed by atoms with Crippen LogP contribution in [0.25, 0.3) is 0 Å². The molecule has 0 unspecified atom stereocenters. The largest absolute Gasteiger partial charge is 0.390 e. The van der Waals surface area contributed by atoms with Gasteiger partial charge >= 0.3 is 0 Å². The van der Waals surface area contributed by atoms with Crippen LogP contribution in [0.15, 0.2) is 30.3 Å². The lowest BCUT2D eigenvalue weighted by Crippen LogP contribution is -2.52. The Morgan fingerprint density at radius 3 is 2.57 bits per heavy atom. The van der Waals surface area contributed by atoms with Crippen molar-refractivity contribution in [1.29, 1.82) is 0 Å². The summed E-state index contributed by atoms with van der Waals surface area (Å²) in [5.74, 6) is 1.06. The third-order valence-corrected chi connectivity index (χ3v) is 7.58. The van der Waals surface area contributed by atoms with E-state index in [-0.39, 0.29) is 18.1 Å². The van der Waals surface area contributed by atoms with Gasteiger partial charge in [-0.2, -0.15) is 0 Å². The molecule has 1 aliphatic carbocycles. The number of nitrogens with zero attached hydrogens (tertiary/aromatic N) is 1. The maximum absolute atomic E-state index is 12.4. The van der Waals surface area contributed by atoms with Gasteiger partial charge < -0.3 is 15.3 Å². The van der Waals surface area contributed by atoms with E-state index in [1.807, 2.05) is 30.3 Å². The summed E-state index contributed by atoms with van der Waals surface area (Å²) >= 11 is 0. The highest BCUT2D eigenvalue weighted by atomic mass is 32.2. The first-order chi connectivity index (χ1) is 14.3. The molecule has 30 heavy (non-hydrogen) atoms. The van der Waals surface area contributed by atoms with Gasteiger partial charge in [-0.1, -0.05) is 49.6 Å². The van der Waals surface area contributed by atoms with E-state index < -0.39 is 22.0 Å². The van der Waals surface area contributed by atoms with E-state index in [0.717, 1.165) is 36.7 Å². The van der Waals surface area contributed by atoms with Crippen molar-refractivity contribution in [3.8, 4) is 0 Å². The van der Waals surface area contributed by atoms with Crippen LogP contribution in [-0.2, 0) is 21.1 Å². The van der Waals surface area contributed by atoms with Crippen LogP contribution < -0.4 is 5.32 Å². The van der Waals surface area contributed by atoms with Gasteiger partial charge in [0.2, 0.25) is 5.91 Å². The van der Waals surface area contributed by atoms with Gasteiger partial charge in [0.1, 0.15) is 9.84 Å². The average molecular weight is 437 g/mol. The highest BCUT2D eigenvalue weighted by Gasteiger charge is 2.33. The van der Waals surface area contributed by atoms with E-state index in [2.05, 4.69) is 10.2 Å². The number of likely N-dealkylation sites (tertiary alicyclic amines) is 1. The number of β-amino-alcohol motifs (C(OH)–C–C–N with tert-alkyl or cyclic N) is 1. The highest BCUT2D eigenvalue weighted by molar-refractivity contribution is 7.90. The van der Waals surface area contributed by atoms with Gasteiger partial charge in [-0.3, -0.25) is 4.79 Å². The summed E-state index contributed by atoms with van der Waals surface area (Å²) in [6, 6.07) is 9.35. The van der Waals surface area contributed by atoms with Crippen molar-refractivity contribution in [3.05, 3.63) is 35.9 Å². The van der Waals surface area contributed by atoms with Gasteiger partial charge in [-0.25, -0.2) is 8.42 Å². The van der Waals surface area contributed by atoms with E-state index in [1.165, 1.54) is 32.1 Å². The molecule has 2 aliphatic rings. The summed E-state index contributed by atoms with van der Waals surface area (Å²) in [6.07, 6.45) is 7.35. The van der Waals surface area contributed by atoms with E-state index in [9.17, 15) is 18.3 Å². The first kappa shape index (κ1) is 23.2. The SMILES string of the molecule is CS(=O)(=O)CCC(=O)N[C@@H](Cc1ccccc1)[C@H](O)CN1CC[C@@H]2CCCC[C@@H]2C1. The van der Waals surface area contributed by atoms with E-state index in [0.29, 0.717) is 13.0 Å². The molecule has 6 nitrogen and oxygen atoms in total. The molecule has 1 saturated carbocycles. The number of benzene rings is 1. The smallest absolute Gasteiger partial charge is 0.221 e. The van der Waals surface area contributed by atoms with Crippen molar-refractivity contribution in [2.75, 3.05) is 31.6 Å². The van der Waals surface area contributed by atoms with E-state index in [1.54, 1.807) is 0 Å². The second-order valence-electron chi connectivity index (χ2n) is 9.16. The van der Waals surface area contributed by atoms with Crippen molar-refractivity contribution in [2.24, 2.45) is 11.8 Å². The fraction of sp³-hybridized carbons (Fsp3) is 0.696. The minimum absolute atomic E-state index is 0.0791. The van der Waals surface area contributed by atoms with Gasteiger partial charge in [0.15, 0.2) is 0 Å². The summed E-state index contributed by atoms with van der Waals surface area (Å²) in [6.45, 7) is 2.56. The van der Waals surface area contributed by atoms with Gasteiger partial charge in [0.25, 0.3) is 0 Å². The zero-order valence-corrected chi connectivity index (χ0v) is 18.8. The predicted molar refractivity (Wildman–Crippen MR) is 119 cm³/mol. The lowest BCUT2D eigenvalue weighted by Gasteiger charge is -2.42. The fourth-order valence-corrected chi connectivity index (χ4v) is 5.50. The van der Waals surface area contributed by atoms with Crippen LogP contribution in [0.2, 0.25) is 0 Å². The summed E-state index contributed by atoms with van der Waals surface area (Å²) in [5.41, 5.74) is 1.04. The molecular formula is C23H36N2O4S. The zero-order chi connectivity index (χ0) is 21.6. The molecule has 4 atom stereocenters. The Balaban J connectivity index is 1.60. The molecule has 1 heterocycles. The second-order valence-corrected chi connectivity index (χ2v) is 11.4. The number of rotatable bonds is 9. The zero-order valence-electron chi connectivity index (χ0n) is 18.0. The van der Waals surface area contributed by atoms with Gasteiger partial charge in [0.05, 0.1) is 17.9 Å². The number of fused-ring (bicyclic) bond motifs is 1. The monoisotopic (exact) mass is 436 g/mol. The second kappa shape index (κ2) is 10.7. The summed E-state index contributed by atoms with van der Waals surface area (Å²) in [7, 11) is -3.20. The standard InChI is InChI=1S/C23H36N2O4S/c1-30(28,29)14-12-23(27)24-21(15-18-7-3-2-4-8-18)22(26)17-25-13-11-19-9-5-6-10-20(19)16-25/h2-4,7-8,19-22,26H,5-6,9-17H2,1H3,(H,24,27)/t19-,20+,21-,22+/m0/s1. The van der Waals surface area contributed by atoms with Gasteiger partial charge in [0, 0.05) is 25.8 Å². The van der Waals surface area contributed by atoms with Crippen LogP contribution in [0.4, 0.5) is 0 Å². The molecule has 1 aromatic carbocycles. The summed E-state index contributed by atoms with van der Waals surface area (Å²) in [4.78, 5) is 14.7. The first-order valence-electron chi connectivity index (χ1n) is 11.2. The molecule has 1 aliphatic heterocycles. The number of amides is 1. The Labute approximate surface area is 181 Å². The Bertz CT molecular complexity index is 784. The fourth-order valence-electron chi connectivity index (χ4n) is 4.94. The van der Waals surface area contributed by atoms with Crippen molar-refractivity contribution in [1.82, 2.24) is 10.2 Å². The summed E-state index contributed by atoms with van der Waals surface area (Å²) in [5, 5.41) is 13.9. The van der Waals surface area contributed by atoms with Crippen LogP contribution in [0.3, 0.4) is 0 Å². The predicted octanol–water partition coefficient (Wildman–Crippen LogP) is 2.02. The Kier molecular flexibility index (Phi) is 8.31. The Morgan fingerprint density at radius 2 is 1.87 bits per heavy atom. The Morgan fingerprint density at radius 1 is 1.17 bits per heavy atom. The van der Waals surface area contributed by atoms with Crippen molar-refractivity contribution in [3.63, 3.8) is 0 Å². The molecule has 1 aromatic rings. The maximum atomic E-state index is 12.4. The lowest BCUT2D eigenvalue weighted by atomic mass is 9.75. The number of piperidine rings is 1. The number of hydrogen-bond acceptors (Lipinski definition) is 5. The third-order valence-electron chi connectivity index (χ3n) is 6.63. The van der Waals surface area contributed by atoms with Crippen LogP contribution in [0, 0.1) is 11.8 Å². The van der Waals surface area contributed by atoms with Gasteiger partial charge in [-0.05, 0) is 43.2 Å². The molecular weight excluding hydrogens is 400 g/mol. The van der Waals surface area contributed by atoms with Crippen molar-refractivity contribution >= 4 is 15.7 Å². The number of aliphatic hydroxyl groups excluding tert-OH is 1. The normalized spacial score (nSPS) is 24.6. The van der Waals surface area contributed by atoms with Gasteiger partial charge in [-0.15, -0.1) is 0 Å². The maximum Gasteiger partial charge on any atom is 0.221 e. The molecule has 7 heteroatoms. The van der Waals surface area contributed by atoms with E-state index >= 15 is 0 Å². The first-order valence-corrected chi connectivity index (χ1v) is 13.3.